The van der Waals surface area contributed by atoms with Crippen molar-refractivity contribution in [2.24, 2.45) is 11.3 Å². The van der Waals surface area contributed by atoms with Gasteiger partial charge < -0.3 is 10.0 Å². The van der Waals surface area contributed by atoms with E-state index in [2.05, 4.69) is 4.90 Å². The van der Waals surface area contributed by atoms with Crippen molar-refractivity contribution in [1.29, 1.82) is 0 Å². The van der Waals surface area contributed by atoms with Crippen LogP contribution in [0.3, 0.4) is 0 Å². The summed E-state index contributed by atoms with van der Waals surface area (Å²) in [4.78, 5) is 15.6. The second kappa shape index (κ2) is 5.57. The van der Waals surface area contributed by atoms with Gasteiger partial charge in [-0.1, -0.05) is 12.8 Å². The SMILES string of the molecule is CN(C)C(=O)CN1CCCC(CO)(CC2CC2)C1. The molecule has 0 aromatic carbocycles. The highest BCUT2D eigenvalue weighted by atomic mass is 16.3. The number of piperidine rings is 1. The summed E-state index contributed by atoms with van der Waals surface area (Å²) in [6.45, 7) is 2.65. The molecule has 0 radical (unpaired) electrons. The molecule has 1 aliphatic carbocycles. The third-order valence-corrected chi connectivity index (χ3v) is 4.35. The van der Waals surface area contributed by atoms with Crippen molar-refractivity contribution < 1.29 is 9.90 Å². The Hall–Kier alpha value is -0.610. The summed E-state index contributed by atoms with van der Waals surface area (Å²) >= 11 is 0. The minimum absolute atomic E-state index is 0.0615. The zero-order valence-corrected chi connectivity index (χ0v) is 11.7. The summed E-state index contributed by atoms with van der Waals surface area (Å²) in [5.41, 5.74) is 0.0615. The average molecular weight is 254 g/mol. The molecule has 2 aliphatic rings. The van der Waals surface area contributed by atoms with E-state index in [4.69, 9.17) is 0 Å². The first-order chi connectivity index (χ1) is 8.54. The lowest BCUT2D eigenvalue weighted by molar-refractivity contribution is -0.131. The van der Waals surface area contributed by atoms with Crippen LogP contribution in [0.1, 0.15) is 32.1 Å². The van der Waals surface area contributed by atoms with Crippen LogP contribution in [0.25, 0.3) is 0 Å². The fourth-order valence-electron chi connectivity index (χ4n) is 3.07. The van der Waals surface area contributed by atoms with Crippen LogP contribution in [0.2, 0.25) is 0 Å². The number of amides is 1. The molecular formula is C14H26N2O2. The Kier molecular flexibility index (Phi) is 4.28. The molecule has 1 saturated carbocycles. The number of aliphatic hydroxyl groups is 1. The number of rotatable bonds is 5. The second-order valence-corrected chi connectivity index (χ2v) is 6.41. The van der Waals surface area contributed by atoms with Crippen LogP contribution in [0.5, 0.6) is 0 Å². The summed E-state index contributed by atoms with van der Waals surface area (Å²) < 4.78 is 0. The van der Waals surface area contributed by atoms with Gasteiger partial charge in [-0.3, -0.25) is 9.69 Å². The van der Waals surface area contributed by atoms with Gasteiger partial charge in [0.05, 0.1) is 6.54 Å². The molecular weight excluding hydrogens is 228 g/mol. The van der Waals surface area contributed by atoms with Gasteiger partial charge in [0.2, 0.25) is 5.91 Å². The Bertz CT molecular complexity index is 302. The number of hydrogen-bond acceptors (Lipinski definition) is 3. The molecule has 0 aromatic heterocycles. The predicted octanol–water partition coefficient (Wildman–Crippen LogP) is 0.949. The first-order valence-electron chi connectivity index (χ1n) is 7.08. The highest BCUT2D eigenvalue weighted by molar-refractivity contribution is 5.77. The second-order valence-electron chi connectivity index (χ2n) is 6.41. The van der Waals surface area contributed by atoms with Gasteiger partial charge in [-0.15, -0.1) is 0 Å². The number of likely N-dealkylation sites (N-methyl/N-ethyl adjacent to an activating group) is 1. The van der Waals surface area contributed by atoms with Crippen molar-refractivity contribution in [1.82, 2.24) is 9.80 Å². The smallest absolute Gasteiger partial charge is 0.236 e. The van der Waals surface area contributed by atoms with Crippen molar-refractivity contribution in [3.63, 3.8) is 0 Å². The van der Waals surface area contributed by atoms with Gasteiger partial charge in [0.15, 0.2) is 0 Å². The van der Waals surface area contributed by atoms with E-state index in [0.717, 1.165) is 38.3 Å². The standard InChI is InChI=1S/C14H26N2O2/c1-15(2)13(18)9-16-7-3-6-14(10-16,11-17)8-12-4-5-12/h12,17H,3-11H2,1-2H3. The highest BCUT2D eigenvalue weighted by Gasteiger charge is 2.40. The van der Waals surface area contributed by atoms with Crippen LogP contribution in [-0.4, -0.2) is 61.2 Å². The number of likely N-dealkylation sites (tertiary alicyclic amines) is 1. The third kappa shape index (κ3) is 3.45. The Morgan fingerprint density at radius 1 is 1.44 bits per heavy atom. The molecule has 1 heterocycles. The topological polar surface area (TPSA) is 43.8 Å². The Labute approximate surface area is 110 Å². The van der Waals surface area contributed by atoms with Crippen LogP contribution >= 0.6 is 0 Å². The summed E-state index contributed by atoms with van der Waals surface area (Å²) in [6.07, 6.45) is 6.04. The van der Waals surface area contributed by atoms with E-state index in [1.54, 1.807) is 19.0 Å². The molecule has 1 amide bonds. The minimum atomic E-state index is 0.0615. The molecule has 0 aromatic rings. The van der Waals surface area contributed by atoms with Crippen LogP contribution < -0.4 is 0 Å². The quantitative estimate of drug-likeness (QED) is 0.794. The maximum atomic E-state index is 11.8. The van der Waals surface area contributed by atoms with Gasteiger partial charge in [-0.2, -0.15) is 0 Å². The zero-order chi connectivity index (χ0) is 13.2. The number of nitrogens with zero attached hydrogens (tertiary/aromatic N) is 2. The first kappa shape index (κ1) is 13.8. The largest absolute Gasteiger partial charge is 0.396 e. The van der Waals surface area contributed by atoms with Crippen LogP contribution in [0.4, 0.5) is 0 Å². The van der Waals surface area contributed by atoms with Crippen molar-refractivity contribution in [2.45, 2.75) is 32.1 Å². The number of carbonyl (C=O) groups excluding carboxylic acids is 1. The molecule has 1 aliphatic heterocycles. The Morgan fingerprint density at radius 2 is 2.17 bits per heavy atom. The van der Waals surface area contributed by atoms with Crippen molar-refractivity contribution in [3.8, 4) is 0 Å². The molecule has 1 unspecified atom stereocenters. The van der Waals surface area contributed by atoms with E-state index in [1.165, 1.54) is 12.8 Å². The lowest BCUT2D eigenvalue weighted by Crippen LogP contribution is -2.48. The van der Waals surface area contributed by atoms with Gasteiger partial charge in [0, 0.05) is 32.7 Å². The highest BCUT2D eigenvalue weighted by Crippen LogP contribution is 2.44. The Balaban J connectivity index is 1.91. The molecule has 1 N–H and O–H groups in total. The first-order valence-corrected chi connectivity index (χ1v) is 7.08. The normalized spacial score (nSPS) is 29.3. The lowest BCUT2D eigenvalue weighted by Gasteiger charge is -2.42. The van der Waals surface area contributed by atoms with Gasteiger partial charge in [-0.25, -0.2) is 0 Å². The molecule has 4 heteroatoms. The van der Waals surface area contributed by atoms with E-state index in [9.17, 15) is 9.90 Å². The van der Waals surface area contributed by atoms with Crippen molar-refractivity contribution in [3.05, 3.63) is 0 Å². The zero-order valence-electron chi connectivity index (χ0n) is 11.7. The van der Waals surface area contributed by atoms with E-state index in [1.807, 2.05) is 0 Å². The number of carbonyl (C=O) groups is 1. The molecule has 0 spiro atoms. The number of hydrogen-bond donors (Lipinski definition) is 1. The van der Waals surface area contributed by atoms with Crippen LogP contribution in [0, 0.1) is 11.3 Å². The molecule has 4 nitrogen and oxygen atoms in total. The van der Waals surface area contributed by atoms with Gasteiger partial charge in [-0.05, 0) is 31.7 Å². The summed E-state index contributed by atoms with van der Waals surface area (Å²) in [7, 11) is 3.60. The molecule has 1 saturated heterocycles. The van der Waals surface area contributed by atoms with Crippen molar-refractivity contribution >= 4 is 5.91 Å². The van der Waals surface area contributed by atoms with E-state index >= 15 is 0 Å². The van der Waals surface area contributed by atoms with Crippen LogP contribution in [-0.2, 0) is 4.79 Å². The van der Waals surface area contributed by atoms with Gasteiger partial charge in [0.25, 0.3) is 0 Å². The monoisotopic (exact) mass is 254 g/mol. The third-order valence-electron chi connectivity index (χ3n) is 4.35. The maximum absolute atomic E-state index is 11.8. The summed E-state index contributed by atoms with van der Waals surface area (Å²) in [6, 6.07) is 0. The molecule has 2 fully saturated rings. The fraction of sp³-hybridized carbons (Fsp3) is 0.929. The molecule has 18 heavy (non-hydrogen) atoms. The molecule has 1 atom stereocenters. The summed E-state index contributed by atoms with van der Waals surface area (Å²) in [5.74, 6) is 0.997. The van der Waals surface area contributed by atoms with Gasteiger partial charge >= 0.3 is 0 Å². The summed E-state index contributed by atoms with van der Waals surface area (Å²) in [5, 5.41) is 9.76. The fourth-order valence-corrected chi connectivity index (χ4v) is 3.07. The molecule has 0 bridgehead atoms. The van der Waals surface area contributed by atoms with Crippen LogP contribution in [0.15, 0.2) is 0 Å². The average Bonchev–Trinajstić information content (AvgIpc) is 3.13. The predicted molar refractivity (Wildman–Crippen MR) is 71.2 cm³/mol. The van der Waals surface area contributed by atoms with Gasteiger partial charge in [0.1, 0.15) is 0 Å². The lowest BCUT2D eigenvalue weighted by atomic mass is 9.76. The van der Waals surface area contributed by atoms with E-state index < -0.39 is 0 Å². The minimum Gasteiger partial charge on any atom is -0.396 e. The Morgan fingerprint density at radius 3 is 2.72 bits per heavy atom. The van der Waals surface area contributed by atoms with E-state index in [0.29, 0.717) is 6.54 Å². The molecule has 2 rings (SSSR count). The maximum Gasteiger partial charge on any atom is 0.236 e. The number of aliphatic hydroxyl groups excluding tert-OH is 1. The van der Waals surface area contributed by atoms with Crippen molar-refractivity contribution in [2.75, 3.05) is 40.3 Å². The van der Waals surface area contributed by atoms with E-state index in [-0.39, 0.29) is 17.9 Å². The molecule has 104 valence electrons.